The van der Waals surface area contributed by atoms with Gasteiger partial charge in [0.15, 0.2) is 0 Å². The van der Waals surface area contributed by atoms with Crippen LogP contribution in [-0.4, -0.2) is 15.0 Å². The van der Waals surface area contributed by atoms with Gasteiger partial charge in [-0.05, 0) is 6.42 Å². The highest BCUT2D eigenvalue weighted by Crippen LogP contribution is 2.34. The summed E-state index contributed by atoms with van der Waals surface area (Å²) in [5, 5.41) is 30.8. The first kappa shape index (κ1) is 12.6. The summed E-state index contributed by atoms with van der Waals surface area (Å²) in [6.07, 6.45) is 3.70. The SMILES string of the molecule is CCC=Cc1cc([N+](=O)[O-])cc([N+](=O)[O-])c1O. The van der Waals surface area contributed by atoms with Gasteiger partial charge in [-0.1, -0.05) is 19.1 Å². The molecule has 1 aromatic rings. The molecule has 0 aliphatic heterocycles. The van der Waals surface area contributed by atoms with Crippen molar-refractivity contribution in [3.63, 3.8) is 0 Å². The van der Waals surface area contributed by atoms with E-state index < -0.39 is 27.0 Å². The third-order valence-corrected chi connectivity index (χ3v) is 2.04. The van der Waals surface area contributed by atoms with Crippen LogP contribution in [0.5, 0.6) is 5.75 Å². The van der Waals surface area contributed by atoms with Gasteiger partial charge in [-0.2, -0.15) is 0 Å². The molecule has 0 bridgehead atoms. The van der Waals surface area contributed by atoms with Gasteiger partial charge in [0.1, 0.15) is 0 Å². The van der Waals surface area contributed by atoms with E-state index in [1.807, 2.05) is 6.92 Å². The van der Waals surface area contributed by atoms with Crippen LogP contribution in [0, 0.1) is 20.2 Å². The van der Waals surface area contributed by atoms with E-state index in [4.69, 9.17) is 0 Å². The summed E-state index contributed by atoms with van der Waals surface area (Å²) in [6.45, 7) is 1.83. The Morgan fingerprint density at radius 1 is 1.29 bits per heavy atom. The molecule has 0 radical (unpaired) electrons. The van der Waals surface area contributed by atoms with Crippen molar-refractivity contribution >= 4 is 17.5 Å². The molecule has 7 heteroatoms. The lowest BCUT2D eigenvalue weighted by atomic mass is 10.1. The van der Waals surface area contributed by atoms with Gasteiger partial charge in [-0.3, -0.25) is 20.2 Å². The lowest BCUT2D eigenvalue weighted by Gasteiger charge is -2.01. The Labute approximate surface area is 96.3 Å². The van der Waals surface area contributed by atoms with Gasteiger partial charge in [0.05, 0.1) is 15.9 Å². The van der Waals surface area contributed by atoms with Crippen molar-refractivity contribution in [2.75, 3.05) is 0 Å². The van der Waals surface area contributed by atoms with Crippen LogP contribution in [0.3, 0.4) is 0 Å². The maximum absolute atomic E-state index is 10.6. The first-order valence-corrected chi connectivity index (χ1v) is 4.79. The van der Waals surface area contributed by atoms with Crippen molar-refractivity contribution in [2.45, 2.75) is 13.3 Å². The van der Waals surface area contributed by atoms with E-state index in [1.165, 1.54) is 6.08 Å². The number of aromatic hydroxyl groups is 1. The summed E-state index contributed by atoms with van der Waals surface area (Å²) in [4.78, 5) is 19.6. The molecule has 1 rings (SSSR count). The van der Waals surface area contributed by atoms with Crippen molar-refractivity contribution in [3.8, 4) is 5.75 Å². The first-order chi connectivity index (χ1) is 7.97. The molecular weight excluding hydrogens is 228 g/mol. The predicted molar refractivity (Wildman–Crippen MR) is 60.7 cm³/mol. The number of nitro groups is 2. The molecule has 17 heavy (non-hydrogen) atoms. The lowest BCUT2D eigenvalue weighted by Crippen LogP contribution is -1.94. The Morgan fingerprint density at radius 2 is 1.94 bits per heavy atom. The molecule has 0 fully saturated rings. The minimum atomic E-state index is -0.856. The van der Waals surface area contributed by atoms with Crippen LogP contribution in [-0.2, 0) is 0 Å². The number of hydrogen-bond acceptors (Lipinski definition) is 5. The Balaban J connectivity index is 3.42. The Bertz CT molecular complexity index is 496. The molecule has 90 valence electrons. The largest absolute Gasteiger partial charge is 0.502 e. The maximum Gasteiger partial charge on any atom is 0.318 e. The van der Waals surface area contributed by atoms with Crippen molar-refractivity contribution < 1.29 is 15.0 Å². The molecule has 1 N–H and O–H groups in total. The number of hydrogen-bond donors (Lipinski definition) is 1. The van der Waals surface area contributed by atoms with Crippen molar-refractivity contribution in [2.24, 2.45) is 0 Å². The number of nitro benzene ring substituents is 2. The Kier molecular flexibility index (Phi) is 3.76. The fraction of sp³-hybridized carbons (Fsp3) is 0.200. The molecule has 0 saturated carbocycles. The number of rotatable bonds is 4. The first-order valence-electron chi connectivity index (χ1n) is 4.79. The molecule has 0 aliphatic rings. The second-order valence-electron chi connectivity index (χ2n) is 3.23. The highest BCUT2D eigenvalue weighted by atomic mass is 16.6. The molecule has 0 aromatic heterocycles. The van der Waals surface area contributed by atoms with Crippen LogP contribution in [0.2, 0.25) is 0 Å². The molecule has 0 spiro atoms. The zero-order valence-electron chi connectivity index (χ0n) is 8.99. The number of allylic oxidation sites excluding steroid dienone is 1. The van der Waals surface area contributed by atoms with Gasteiger partial charge < -0.3 is 5.11 Å². The Hall–Kier alpha value is -2.44. The number of phenolic OH excluding ortho intramolecular Hbond substituents is 1. The molecule has 7 nitrogen and oxygen atoms in total. The second-order valence-corrected chi connectivity index (χ2v) is 3.23. The van der Waals surface area contributed by atoms with Gasteiger partial charge >= 0.3 is 5.69 Å². The quantitative estimate of drug-likeness (QED) is 0.640. The average molecular weight is 238 g/mol. The maximum atomic E-state index is 10.6. The van der Waals surface area contributed by atoms with Gasteiger partial charge in [0.25, 0.3) is 5.69 Å². The Morgan fingerprint density at radius 3 is 2.41 bits per heavy atom. The van der Waals surface area contributed by atoms with Crippen LogP contribution in [0.15, 0.2) is 18.2 Å². The third-order valence-electron chi connectivity index (χ3n) is 2.04. The normalized spacial score (nSPS) is 10.6. The number of benzene rings is 1. The van der Waals surface area contributed by atoms with Crippen LogP contribution < -0.4 is 0 Å². The van der Waals surface area contributed by atoms with Gasteiger partial charge in [0.2, 0.25) is 5.75 Å². The third kappa shape index (κ3) is 2.77. The summed E-state index contributed by atoms with van der Waals surface area (Å²) < 4.78 is 0. The summed E-state index contributed by atoms with van der Waals surface area (Å²) in [6, 6.07) is 1.83. The zero-order chi connectivity index (χ0) is 13.0. The van der Waals surface area contributed by atoms with Crippen LogP contribution >= 0.6 is 0 Å². The van der Waals surface area contributed by atoms with E-state index in [9.17, 15) is 25.3 Å². The number of nitrogens with zero attached hydrogens (tertiary/aromatic N) is 2. The van der Waals surface area contributed by atoms with Crippen molar-refractivity contribution in [1.82, 2.24) is 0 Å². The molecular formula is C10H10N2O5. The molecule has 0 atom stereocenters. The van der Waals surface area contributed by atoms with Gasteiger partial charge in [0, 0.05) is 11.6 Å². The van der Waals surface area contributed by atoms with Crippen LogP contribution in [0.25, 0.3) is 6.08 Å². The van der Waals surface area contributed by atoms with E-state index >= 15 is 0 Å². The topological polar surface area (TPSA) is 107 Å². The number of phenols is 1. The van der Waals surface area contributed by atoms with E-state index in [0.717, 1.165) is 12.1 Å². The second kappa shape index (κ2) is 5.06. The van der Waals surface area contributed by atoms with E-state index in [1.54, 1.807) is 6.08 Å². The van der Waals surface area contributed by atoms with E-state index in [-0.39, 0.29) is 5.56 Å². The fourth-order valence-corrected chi connectivity index (χ4v) is 1.24. The zero-order valence-corrected chi connectivity index (χ0v) is 8.99. The summed E-state index contributed by atoms with van der Waals surface area (Å²) in [5.41, 5.74) is -1.03. The van der Waals surface area contributed by atoms with Gasteiger partial charge in [-0.25, -0.2) is 0 Å². The molecule has 0 saturated heterocycles. The summed E-state index contributed by atoms with van der Waals surface area (Å²) >= 11 is 0. The van der Waals surface area contributed by atoms with Crippen molar-refractivity contribution in [1.29, 1.82) is 0 Å². The minimum absolute atomic E-state index is 0.0627. The van der Waals surface area contributed by atoms with Crippen molar-refractivity contribution in [3.05, 3.63) is 44.0 Å². The molecule has 1 aromatic carbocycles. The summed E-state index contributed by atoms with van der Waals surface area (Å²) in [7, 11) is 0. The number of non-ortho nitro benzene ring substituents is 1. The lowest BCUT2D eigenvalue weighted by molar-refractivity contribution is -0.394. The smallest absolute Gasteiger partial charge is 0.318 e. The minimum Gasteiger partial charge on any atom is -0.502 e. The predicted octanol–water partition coefficient (Wildman–Crippen LogP) is 2.63. The van der Waals surface area contributed by atoms with Gasteiger partial charge in [-0.15, -0.1) is 0 Å². The highest BCUT2D eigenvalue weighted by molar-refractivity contribution is 5.68. The molecule has 0 amide bonds. The van der Waals surface area contributed by atoms with E-state index in [0.29, 0.717) is 6.42 Å². The fourth-order valence-electron chi connectivity index (χ4n) is 1.24. The van der Waals surface area contributed by atoms with E-state index in [2.05, 4.69) is 0 Å². The summed E-state index contributed by atoms with van der Waals surface area (Å²) in [5.74, 6) is -0.565. The highest BCUT2D eigenvalue weighted by Gasteiger charge is 2.22. The standard InChI is InChI=1S/C10H10N2O5/c1-2-3-4-7-5-8(11(14)15)6-9(10(7)13)12(16)17/h3-6,13H,2H2,1H3. The molecule has 0 unspecified atom stereocenters. The monoisotopic (exact) mass is 238 g/mol. The van der Waals surface area contributed by atoms with Crippen LogP contribution in [0.1, 0.15) is 18.9 Å². The molecule has 0 heterocycles. The molecule has 0 aliphatic carbocycles. The van der Waals surface area contributed by atoms with Crippen LogP contribution in [0.4, 0.5) is 11.4 Å². The average Bonchev–Trinajstić information content (AvgIpc) is 2.26.